The molecular weight excluding hydrogens is 379 g/mol. The number of benzene rings is 2. The second-order valence-corrected chi connectivity index (χ2v) is 7.31. The molecule has 2 aromatic rings. The highest BCUT2D eigenvalue weighted by Crippen LogP contribution is 2.26. The Hall–Kier alpha value is -1.42. The Labute approximate surface area is 163 Å². The molecule has 1 fully saturated rings. The van der Waals surface area contributed by atoms with E-state index in [2.05, 4.69) is 4.90 Å². The smallest absolute Gasteiger partial charge is 0.223 e. The Morgan fingerprint density at radius 2 is 1.64 bits per heavy atom. The summed E-state index contributed by atoms with van der Waals surface area (Å²) in [5, 5.41) is 1.97. The Bertz CT molecular complexity index is 758. The molecule has 0 N–H and O–H groups in total. The van der Waals surface area contributed by atoms with Crippen molar-refractivity contribution in [2.45, 2.75) is 12.8 Å². The number of carbonyl (C=O) groups is 1. The second kappa shape index (κ2) is 8.31. The molecule has 0 atom stereocenters. The lowest BCUT2D eigenvalue weighted by molar-refractivity contribution is -0.131. The summed E-state index contributed by atoms with van der Waals surface area (Å²) in [6.45, 7) is 2.99. The van der Waals surface area contributed by atoms with Gasteiger partial charge in [0.1, 0.15) is 0 Å². The van der Waals surface area contributed by atoms with Gasteiger partial charge in [-0.2, -0.15) is 0 Å². The third-order valence-electron chi connectivity index (χ3n) is 4.45. The average molecular weight is 398 g/mol. The van der Waals surface area contributed by atoms with E-state index >= 15 is 0 Å². The van der Waals surface area contributed by atoms with Gasteiger partial charge in [-0.05, 0) is 36.2 Å². The van der Waals surface area contributed by atoms with Gasteiger partial charge in [0.05, 0.1) is 10.7 Å². The lowest BCUT2D eigenvalue weighted by Gasteiger charge is -2.36. The fourth-order valence-electron chi connectivity index (χ4n) is 3.03. The molecule has 0 saturated carbocycles. The molecule has 25 heavy (non-hydrogen) atoms. The van der Waals surface area contributed by atoms with Crippen LogP contribution >= 0.6 is 34.8 Å². The number of nitrogens with zero attached hydrogens (tertiary/aromatic N) is 2. The number of anilines is 1. The molecule has 1 aliphatic heterocycles. The van der Waals surface area contributed by atoms with Gasteiger partial charge in [0, 0.05) is 42.6 Å². The van der Waals surface area contributed by atoms with Gasteiger partial charge in [-0.1, -0.05) is 53.0 Å². The molecule has 3 rings (SSSR count). The Balaban J connectivity index is 1.52. The molecule has 1 saturated heterocycles. The lowest BCUT2D eigenvalue weighted by Crippen LogP contribution is -2.48. The van der Waals surface area contributed by atoms with Gasteiger partial charge in [0.25, 0.3) is 0 Å². The van der Waals surface area contributed by atoms with Crippen LogP contribution in [0.3, 0.4) is 0 Å². The summed E-state index contributed by atoms with van der Waals surface area (Å²) >= 11 is 18.3. The molecule has 2 aromatic carbocycles. The van der Waals surface area contributed by atoms with Crippen LogP contribution in [0, 0.1) is 0 Å². The summed E-state index contributed by atoms with van der Waals surface area (Å²) in [6, 6.07) is 13.2. The van der Waals surface area contributed by atoms with Gasteiger partial charge >= 0.3 is 0 Å². The van der Waals surface area contributed by atoms with Crippen molar-refractivity contribution in [2.24, 2.45) is 0 Å². The topological polar surface area (TPSA) is 23.6 Å². The van der Waals surface area contributed by atoms with Crippen molar-refractivity contribution >= 4 is 46.4 Å². The van der Waals surface area contributed by atoms with Crippen LogP contribution in [0.15, 0.2) is 42.5 Å². The second-order valence-electron chi connectivity index (χ2n) is 6.05. The van der Waals surface area contributed by atoms with Crippen molar-refractivity contribution in [3.05, 3.63) is 63.1 Å². The van der Waals surface area contributed by atoms with Crippen molar-refractivity contribution in [3.63, 3.8) is 0 Å². The highest BCUT2D eigenvalue weighted by atomic mass is 35.5. The molecule has 132 valence electrons. The van der Waals surface area contributed by atoms with Gasteiger partial charge in [-0.3, -0.25) is 4.79 Å². The first-order valence-electron chi connectivity index (χ1n) is 8.26. The van der Waals surface area contributed by atoms with E-state index in [-0.39, 0.29) is 5.91 Å². The van der Waals surface area contributed by atoms with Gasteiger partial charge < -0.3 is 9.80 Å². The molecule has 1 aliphatic rings. The van der Waals surface area contributed by atoms with E-state index in [0.717, 1.165) is 29.4 Å². The number of rotatable bonds is 4. The molecule has 1 amide bonds. The first-order chi connectivity index (χ1) is 12.0. The van der Waals surface area contributed by atoms with Crippen molar-refractivity contribution in [1.82, 2.24) is 4.90 Å². The summed E-state index contributed by atoms with van der Waals surface area (Å²) in [5.74, 6) is 0.157. The van der Waals surface area contributed by atoms with Crippen LogP contribution in [0.1, 0.15) is 12.0 Å². The minimum Gasteiger partial charge on any atom is -0.367 e. The van der Waals surface area contributed by atoms with Crippen LogP contribution < -0.4 is 4.90 Å². The zero-order valence-electron chi connectivity index (χ0n) is 13.7. The number of aryl methyl sites for hydroxylation is 1. The highest BCUT2D eigenvalue weighted by molar-refractivity contribution is 6.35. The fraction of sp³-hybridized carbons (Fsp3) is 0.316. The summed E-state index contributed by atoms with van der Waals surface area (Å²) in [6.07, 6.45) is 1.08. The lowest BCUT2D eigenvalue weighted by atomic mass is 10.1. The predicted octanol–water partition coefficient (Wildman–Crippen LogP) is 4.93. The van der Waals surface area contributed by atoms with Crippen LogP contribution in [0.4, 0.5) is 5.69 Å². The normalized spacial score (nSPS) is 14.7. The largest absolute Gasteiger partial charge is 0.367 e. The molecule has 0 aromatic heterocycles. The highest BCUT2D eigenvalue weighted by Gasteiger charge is 2.22. The van der Waals surface area contributed by atoms with Crippen molar-refractivity contribution in [2.75, 3.05) is 31.1 Å². The molecule has 0 radical (unpaired) electrons. The van der Waals surface area contributed by atoms with Gasteiger partial charge in [-0.25, -0.2) is 0 Å². The summed E-state index contributed by atoms with van der Waals surface area (Å²) < 4.78 is 0. The summed E-state index contributed by atoms with van der Waals surface area (Å²) in [7, 11) is 0. The number of carbonyl (C=O) groups excluding carboxylic acids is 1. The van der Waals surface area contributed by atoms with E-state index in [1.165, 1.54) is 0 Å². The minimum atomic E-state index is 0.157. The molecule has 1 heterocycles. The van der Waals surface area contributed by atoms with E-state index in [9.17, 15) is 4.79 Å². The number of halogens is 3. The van der Waals surface area contributed by atoms with Crippen molar-refractivity contribution in [1.29, 1.82) is 0 Å². The first kappa shape index (κ1) is 18.4. The zero-order chi connectivity index (χ0) is 17.8. The molecular formula is C19H19Cl3N2O. The summed E-state index contributed by atoms with van der Waals surface area (Å²) in [5.41, 5.74) is 1.98. The van der Waals surface area contributed by atoms with E-state index in [0.29, 0.717) is 36.0 Å². The monoisotopic (exact) mass is 396 g/mol. The van der Waals surface area contributed by atoms with E-state index in [1.807, 2.05) is 35.2 Å². The number of amides is 1. The van der Waals surface area contributed by atoms with Crippen LogP contribution in [0.5, 0.6) is 0 Å². The maximum atomic E-state index is 12.5. The third-order valence-corrected chi connectivity index (χ3v) is 5.36. The molecule has 0 unspecified atom stereocenters. The zero-order valence-corrected chi connectivity index (χ0v) is 16.0. The number of para-hydroxylation sites is 1. The molecule has 0 bridgehead atoms. The van der Waals surface area contributed by atoms with Gasteiger partial charge in [-0.15, -0.1) is 0 Å². The number of piperazine rings is 1. The average Bonchev–Trinajstić information content (AvgIpc) is 2.61. The van der Waals surface area contributed by atoms with Crippen LogP contribution in [0.2, 0.25) is 15.1 Å². The molecule has 6 heteroatoms. The van der Waals surface area contributed by atoms with Crippen LogP contribution in [0.25, 0.3) is 0 Å². The predicted molar refractivity (Wildman–Crippen MR) is 105 cm³/mol. The maximum Gasteiger partial charge on any atom is 0.223 e. The Kier molecular flexibility index (Phi) is 6.10. The first-order valence-corrected chi connectivity index (χ1v) is 9.39. The number of hydrogen-bond acceptors (Lipinski definition) is 2. The van der Waals surface area contributed by atoms with Crippen LogP contribution in [-0.4, -0.2) is 37.0 Å². The standard InChI is InChI=1S/C19H19Cl3N2O/c20-15-7-5-14(17(22)13-15)6-8-19(25)24-11-9-23(10-12-24)18-4-2-1-3-16(18)21/h1-5,7,13H,6,8-12H2. The van der Waals surface area contributed by atoms with Crippen molar-refractivity contribution in [3.8, 4) is 0 Å². The Morgan fingerprint density at radius 3 is 2.32 bits per heavy atom. The van der Waals surface area contributed by atoms with Gasteiger partial charge in [0.15, 0.2) is 0 Å². The molecule has 3 nitrogen and oxygen atoms in total. The van der Waals surface area contributed by atoms with Gasteiger partial charge in [0.2, 0.25) is 5.91 Å². The fourth-order valence-corrected chi connectivity index (χ4v) is 3.79. The SMILES string of the molecule is O=C(CCc1ccc(Cl)cc1Cl)N1CCN(c2ccccc2Cl)CC1. The number of hydrogen-bond donors (Lipinski definition) is 0. The molecule has 0 spiro atoms. The quantitative estimate of drug-likeness (QED) is 0.730. The Morgan fingerprint density at radius 1 is 0.920 bits per heavy atom. The van der Waals surface area contributed by atoms with E-state index < -0.39 is 0 Å². The van der Waals surface area contributed by atoms with E-state index in [4.69, 9.17) is 34.8 Å². The maximum absolute atomic E-state index is 12.5. The third kappa shape index (κ3) is 4.60. The van der Waals surface area contributed by atoms with Crippen molar-refractivity contribution < 1.29 is 4.79 Å². The molecule has 0 aliphatic carbocycles. The van der Waals surface area contributed by atoms with E-state index in [1.54, 1.807) is 12.1 Å². The summed E-state index contributed by atoms with van der Waals surface area (Å²) in [4.78, 5) is 16.6. The minimum absolute atomic E-state index is 0.157. The van der Waals surface area contributed by atoms with Crippen LogP contribution in [-0.2, 0) is 11.2 Å².